The molecule has 0 aromatic carbocycles. The van der Waals surface area contributed by atoms with Gasteiger partial charge in [0.2, 0.25) is 6.41 Å². The number of nitrogens with zero attached hydrogens (tertiary/aromatic N) is 1. The summed E-state index contributed by atoms with van der Waals surface area (Å²) in [4.78, 5) is 14.3. The van der Waals surface area contributed by atoms with E-state index in [-0.39, 0.29) is 6.04 Å². The molecule has 1 rings (SSSR count). The van der Waals surface area contributed by atoms with Crippen LogP contribution in [-0.4, -0.2) is 11.4 Å². The van der Waals surface area contributed by atoms with Gasteiger partial charge >= 0.3 is 0 Å². The van der Waals surface area contributed by atoms with Crippen LogP contribution in [0.15, 0.2) is 22.8 Å². The molecule has 0 aliphatic heterocycles. The van der Waals surface area contributed by atoms with Crippen molar-refractivity contribution in [3.8, 4) is 0 Å². The standard InChI is InChI=1S/C8H9BrN2O/c1-6(11-5-12)8-7(9)3-2-4-10-8/h2-6H,1H3,(H,11,12). The van der Waals surface area contributed by atoms with Crippen LogP contribution in [0.5, 0.6) is 0 Å². The first-order valence-corrected chi connectivity index (χ1v) is 4.35. The number of nitrogens with one attached hydrogen (secondary N) is 1. The monoisotopic (exact) mass is 228 g/mol. The van der Waals surface area contributed by atoms with Crippen LogP contribution < -0.4 is 5.32 Å². The van der Waals surface area contributed by atoms with Gasteiger partial charge in [0.1, 0.15) is 0 Å². The maximum atomic E-state index is 10.1. The van der Waals surface area contributed by atoms with E-state index in [1.807, 2.05) is 19.1 Å². The first-order valence-electron chi connectivity index (χ1n) is 3.56. The molecule has 1 unspecified atom stereocenters. The Balaban J connectivity index is 2.86. The van der Waals surface area contributed by atoms with Crippen LogP contribution in [0.2, 0.25) is 0 Å². The maximum Gasteiger partial charge on any atom is 0.207 e. The zero-order valence-corrected chi connectivity index (χ0v) is 8.21. The lowest BCUT2D eigenvalue weighted by Gasteiger charge is -2.10. The summed E-state index contributed by atoms with van der Waals surface area (Å²) in [6, 6.07) is 3.67. The molecule has 0 saturated carbocycles. The van der Waals surface area contributed by atoms with Crippen LogP contribution in [-0.2, 0) is 4.79 Å². The molecule has 12 heavy (non-hydrogen) atoms. The molecule has 1 aromatic rings. The lowest BCUT2D eigenvalue weighted by Crippen LogP contribution is -2.17. The second-order valence-electron chi connectivity index (χ2n) is 2.38. The zero-order chi connectivity index (χ0) is 8.97. The van der Waals surface area contributed by atoms with Crippen molar-refractivity contribution in [3.63, 3.8) is 0 Å². The molecule has 3 nitrogen and oxygen atoms in total. The SMILES string of the molecule is CC(NC=O)c1ncccc1Br. The van der Waals surface area contributed by atoms with Crippen molar-refractivity contribution in [1.29, 1.82) is 0 Å². The number of hydrogen-bond acceptors (Lipinski definition) is 2. The van der Waals surface area contributed by atoms with E-state index < -0.39 is 0 Å². The van der Waals surface area contributed by atoms with Crippen molar-refractivity contribution in [2.75, 3.05) is 0 Å². The Morgan fingerprint density at radius 1 is 1.75 bits per heavy atom. The molecule has 1 amide bonds. The first kappa shape index (κ1) is 9.19. The zero-order valence-electron chi connectivity index (χ0n) is 6.62. The number of carbonyl (C=O) groups is 1. The van der Waals surface area contributed by atoms with Gasteiger partial charge in [-0.15, -0.1) is 0 Å². The lowest BCUT2D eigenvalue weighted by molar-refractivity contribution is -0.110. The quantitative estimate of drug-likeness (QED) is 0.800. The van der Waals surface area contributed by atoms with Crippen molar-refractivity contribution in [2.45, 2.75) is 13.0 Å². The minimum Gasteiger partial charge on any atom is -0.351 e. The van der Waals surface area contributed by atoms with Crippen molar-refractivity contribution in [2.24, 2.45) is 0 Å². The minimum atomic E-state index is -0.0573. The maximum absolute atomic E-state index is 10.1. The molecule has 0 spiro atoms. The van der Waals surface area contributed by atoms with Crippen LogP contribution >= 0.6 is 15.9 Å². The molecule has 0 radical (unpaired) electrons. The Hall–Kier alpha value is -0.900. The molecule has 1 heterocycles. The highest BCUT2D eigenvalue weighted by Gasteiger charge is 2.07. The van der Waals surface area contributed by atoms with Gasteiger partial charge in [0.15, 0.2) is 0 Å². The Bertz CT molecular complexity index is 278. The van der Waals surface area contributed by atoms with Crippen LogP contribution in [0.1, 0.15) is 18.7 Å². The average Bonchev–Trinajstić information content (AvgIpc) is 2.05. The van der Waals surface area contributed by atoms with E-state index in [0.29, 0.717) is 6.41 Å². The highest BCUT2D eigenvalue weighted by molar-refractivity contribution is 9.10. The molecule has 0 aliphatic carbocycles. The van der Waals surface area contributed by atoms with E-state index in [1.165, 1.54) is 0 Å². The van der Waals surface area contributed by atoms with E-state index in [9.17, 15) is 4.79 Å². The predicted molar refractivity (Wildman–Crippen MR) is 49.6 cm³/mol. The predicted octanol–water partition coefficient (Wildman–Crippen LogP) is 1.65. The molecule has 0 aliphatic rings. The van der Waals surface area contributed by atoms with Crippen LogP contribution in [0.25, 0.3) is 0 Å². The van der Waals surface area contributed by atoms with Crippen molar-refractivity contribution < 1.29 is 4.79 Å². The third-order valence-electron chi connectivity index (χ3n) is 1.52. The summed E-state index contributed by atoms with van der Waals surface area (Å²) in [5.41, 5.74) is 0.838. The van der Waals surface area contributed by atoms with E-state index >= 15 is 0 Å². The van der Waals surface area contributed by atoms with E-state index in [1.54, 1.807) is 6.20 Å². The summed E-state index contributed by atoms with van der Waals surface area (Å²) < 4.78 is 0.909. The summed E-state index contributed by atoms with van der Waals surface area (Å²) in [6.45, 7) is 1.88. The molecule has 1 N–H and O–H groups in total. The molecular formula is C8H9BrN2O. The largest absolute Gasteiger partial charge is 0.351 e. The smallest absolute Gasteiger partial charge is 0.207 e. The molecule has 0 bridgehead atoms. The fourth-order valence-electron chi connectivity index (χ4n) is 0.898. The fourth-order valence-corrected chi connectivity index (χ4v) is 1.50. The van der Waals surface area contributed by atoms with Gasteiger partial charge in [-0.2, -0.15) is 0 Å². The second-order valence-corrected chi connectivity index (χ2v) is 3.23. The van der Waals surface area contributed by atoms with Crippen LogP contribution in [0.3, 0.4) is 0 Å². The van der Waals surface area contributed by atoms with Crippen molar-refractivity contribution in [3.05, 3.63) is 28.5 Å². The van der Waals surface area contributed by atoms with E-state index in [2.05, 4.69) is 26.2 Å². The number of carbonyl (C=O) groups excluding carboxylic acids is 1. The summed E-state index contributed by atoms with van der Waals surface area (Å²) in [5, 5.41) is 2.63. The Labute approximate surface area is 79.3 Å². The van der Waals surface area contributed by atoms with Gasteiger partial charge in [0, 0.05) is 10.7 Å². The third kappa shape index (κ3) is 2.04. The number of rotatable bonds is 3. The molecule has 1 aromatic heterocycles. The van der Waals surface area contributed by atoms with Gasteiger partial charge in [0.05, 0.1) is 11.7 Å². The minimum absolute atomic E-state index is 0.0573. The van der Waals surface area contributed by atoms with Gasteiger partial charge in [-0.3, -0.25) is 9.78 Å². The molecule has 64 valence electrons. The number of hydrogen-bond donors (Lipinski definition) is 1. The van der Waals surface area contributed by atoms with Gasteiger partial charge in [-0.1, -0.05) is 0 Å². The number of amides is 1. The Morgan fingerprint density at radius 2 is 2.50 bits per heavy atom. The van der Waals surface area contributed by atoms with Gasteiger partial charge in [-0.05, 0) is 35.0 Å². The highest BCUT2D eigenvalue weighted by Crippen LogP contribution is 2.19. The van der Waals surface area contributed by atoms with Gasteiger partial charge in [-0.25, -0.2) is 0 Å². The average molecular weight is 229 g/mol. The normalized spacial score (nSPS) is 12.2. The molecular weight excluding hydrogens is 220 g/mol. The van der Waals surface area contributed by atoms with Gasteiger partial charge < -0.3 is 5.32 Å². The number of halogens is 1. The Kier molecular flexibility index (Phi) is 3.22. The van der Waals surface area contributed by atoms with Gasteiger partial charge in [0.25, 0.3) is 0 Å². The highest BCUT2D eigenvalue weighted by atomic mass is 79.9. The molecule has 4 heteroatoms. The second kappa shape index (κ2) is 4.21. The number of pyridine rings is 1. The number of aromatic nitrogens is 1. The first-order chi connectivity index (χ1) is 5.75. The van der Waals surface area contributed by atoms with Crippen molar-refractivity contribution >= 4 is 22.3 Å². The fraction of sp³-hybridized carbons (Fsp3) is 0.250. The topological polar surface area (TPSA) is 42.0 Å². The Morgan fingerprint density at radius 3 is 3.08 bits per heavy atom. The third-order valence-corrected chi connectivity index (χ3v) is 2.19. The summed E-state index contributed by atoms with van der Waals surface area (Å²) in [7, 11) is 0. The molecule has 1 atom stereocenters. The lowest BCUT2D eigenvalue weighted by atomic mass is 10.2. The van der Waals surface area contributed by atoms with E-state index in [0.717, 1.165) is 10.2 Å². The van der Waals surface area contributed by atoms with E-state index in [4.69, 9.17) is 0 Å². The van der Waals surface area contributed by atoms with Crippen LogP contribution in [0.4, 0.5) is 0 Å². The summed E-state index contributed by atoms with van der Waals surface area (Å²) in [6.07, 6.45) is 2.37. The molecule has 0 saturated heterocycles. The summed E-state index contributed by atoms with van der Waals surface area (Å²) in [5.74, 6) is 0. The summed E-state index contributed by atoms with van der Waals surface area (Å²) >= 11 is 3.35. The van der Waals surface area contributed by atoms with Crippen molar-refractivity contribution in [1.82, 2.24) is 10.3 Å². The molecule has 0 fully saturated rings. The van der Waals surface area contributed by atoms with Crippen LogP contribution in [0, 0.1) is 0 Å².